The van der Waals surface area contributed by atoms with Gasteiger partial charge < -0.3 is 19.9 Å². The fourth-order valence-corrected chi connectivity index (χ4v) is 5.95. The van der Waals surface area contributed by atoms with Crippen LogP contribution < -0.4 is 15.0 Å². The van der Waals surface area contributed by atoms with Crippen LogP contribution in [0.1, 0.15) is 15.9 Å². The van der Waals surface area contributed by atoms with Gasteiger partial charge in [-0.05, 0) is 34.9 Å². The number of hydrogen-bond donors (Lipinski definition) is 1. The van der Waals surface area contributed by atoms with Crippen molar-refractivity contribution < 1.29 is 32.3 Å². The van der Waals surface area contributed by atoms with Gasteiger partial charge in [0.25, 0.3) is 23.6 Å². The summed E-state index contributed by atoms with van der Waals surface area (Å²) in [5, 5.41) is 2.39. The summed E-state index contributed by atoms with van der Waals surface area (Å²) in [5.74, 6) is -1.68. The lowest BCUT2D eigenvalue weighted by Gasteiger charge is -2.27. The molecule has 202 valence electrons. The van der Waals surface area contributed by atoms with Gasteiger partial charge in [-0.25, -0.2) is 8.42 Å². The molecule has 0 aromatic heterocycles. The third kappa shape index (κ3) is 4.78. The first-order chi connectivity index (χ1) is 18.5. The SMILES string of the molecule is C=C(NC(=O)C(=C)N1Cc2c(cccc2-c2ccc3c(c2)N(C)C(=O)CO3)C1=O)C(=O)N1CCS(=O)(=O)CC1. The Bertz CT molecular complexity index is 1570. The Labute approximate surface area is 225 Å². The molecular weight excluding hydrogens is 524 g/mol. The molecule has 0 bridgehead atoms. The van der Waals surface area contributed by atoms with Gasteiger partial charge in [0.1, 0.15) is 11.4 Å². The molecule has 3 heterocycles. The average molecular weight is 551 g/mol. The Hall–Kier alpha value is -4.45. The number of rotatable bonds is 5. The number of likely N-dealkylation sites (N-methyl/N-ethyl adjacent to an activating group) is 1. The van der Waals surface area contributed by atoms with Crippen LogP contribution in [-0.4, -0.2) is 80.1 Å². The summed E-state index contributed by atoms with van der Waals surface area (Å²) >= 11 is 0. The highest BCUT2D eigenvalue weighted by molar-refractivity contribution is 7.91. The Morgan fingerprint density at radius 1 is 1.03 bits per heavy atom. The standard InChI is InChI=1S/C27H26N4O7S/c1-16(26(34)30-9-11-39(36,37)12-10-30)28-25(33)17(2)31-14-21-19(5-4-6-20(21)27(31)35)18-7-8-23-22(13-18)29(3)24(32)15-38-23/h4-8,13H,1-2,9-12,14-15H2,3H3,(H,28,33). The lowest BCUT2D eigenvalue weighted by molar-refractivity contribution is -0.129. The molecule has 4 amide bonds. The number of hydrogen-bond acceptors (Lipinski definition) is 7. The van der Waals surface area contributed by atoms with E-state index >= 15 is 0 Å². The maximum Gasteiger partial charge on any atom is 0.271 e. The largest absolute Gasteiger partial charge is 0.482 e. The Kier molecular flexibility index (Phi) is 6.51. The molecule has 5 rings (SSSR count). The van der Waals surface area contributed by atoms with Crippen LogP contribution in [0.3, 0.4) is 0 Å². The van der Waals surface area contributed by atoms with Crippen molar-refractivity contribution in [2.75, 3.05) is 43.1 Å². The number of amides is 4. The number of sulfone groups is 1. The lowest BCUT2D eigenvalue weighted by atomic mass is 9.96. The first kappa shape index (κ1) is 26.2. The molecule has 12 heteroatoms. The number of carbonyl (C=O) groups is 4. The number of nitrogens with zero attached hydrogens (tertiary/aromatic N) is 3. The van der Waals surface area contributed by atoms with Crippen LogP contribution in [0.25, 0.3) is 11.1 Å². The lowest BCUT2D eigenvalue weighted by Crippen LogP contribution is -2.47. The quantitative estimate of drug-likeness (QED) is 0.551. The first-order valence-electron chi connectivity index (χ1n) is 12.1. The van der Waals surface area contributed by atoms with Gasteiger partial charge in [0.15, 0.2) is 16.4 Å². The van der Waals surface area contributed by atoms with Crippen molar-refractivity contribution in [2.45, 2.75) is 6.54 Å². The molecule has 0 radical (unpaired) electrons. The van der Waals surface area contributed by atoms with Crippen LogP contribution in [0.4, 0.5) is 5.69 Å². The molecule has 0 spiro atoms. The molecule has 0 aliphatic carbocycles. The van der Waals surface area contributed by atoms with Crippen LogP contribution in [-0.2, 0) is 30.8 Å². The Morgan fingerprint density at radius 2 is 1.72 bits per heavy atom. The van der Waals surface area contributed by atoms with Crippen molar-refractivity contribution in [1.82, 2.24) is 15.1 Å². The van der Waals surface area contributed by atoms with Gasteiger partial charge in [0, 0.05) is 25.7 Å². The van der Waals surface area contributed by atoms with Crippen molar-refractivity contribution in [2.24, 2.45) is 0 Å². The molecule has 0 atom stereocenters. The summed E-state index contributed by atoms with van der Waals surface area (Å²) in [5.41, 5.74) is 2.83. The zero-order valence-corrected chi connectivity index (χ0v) is 22.0. The molecule has 2 aromatic rings. The molecule has 1 saturated heterocycles. The van der Waals surface area contributed by atoms with Gasteiger partial charge >= 0.3 is 0 Å². The van der Waals surface area contributed by atoms with Crippen LogP contribution in [0.15, 0.2) is 61.0 Å². The van der Waals surface area contributed by atoms with Gasteiger partial charge in [0.05, 0.1) is 29.4 Å². The van der Waals surface area contributed by atoms with Crippen LogP contribution >= 0.6 is 0 Å². The van der Waals surface area contributed by atoms with Crippen molar-refractivity contribution >= 4 is 39.2 Å². The van der Waals surface area contributed by atoms with E-state index in [2.05, 4.69) is 18.5 Å². The second-order valence-electron chi connectivity index (χ2n) is 9.47. The van der Waals surface area contributed by atoms with E-state index in [1.165, 1.54) is 14.7 Å². The van der Waals surface area contributed by atoms with Crippen LogP contribution in [0.5, 0.6) is 5.75 Å². The van der Waals surface area contributed by atoms with E-state index in [1.807, 2.05) is 18.2 Å². The van der Waals surface area contributed by atoms with Gasteiger partial charge in [0.2, 0.25) is 0 Å². The molecule has 0 unspecified atom stereocenters. The first-order valence-corrected chi connectivity index (χ1v) is 14.0. The van der Waals surface area contributed by atoms with Gasteiger partial charge in [-0.15, -0.1) is 0 Å². The third-order valence-corrected chi connectivity index (χ3v) is 8.68. The minimum absolute atomic E-state index is 0.0124. The van der Waals surface area contributed by atoms with E-state index in [0.29, 0.717) is 22.6 Å². The van der Waals surface area contributed by atoms with Crippen molar-refractivity contribution in [3.05, 3.63) is 72.1 Å². The molecule has 3 aliphatic heterocycles. The molecule has 2 aromatic carbocycles. The second-order valence-corrected chi connectivity index (χ2v) is 11.8. The molecule has 1 fully saturated rings. The second kappa shape index (κ2) is 9.70. The van der Waals surface area contributed by atoms with Crippen LogP contribution in [0.2, 0.25) is 0 Å². The van der Waals surface area contributed by atoms with Crippen molar-refractivity contribution in [1.29, 1.82) is 0 Å². The number of ether oxygens (including phenoxy) is 1. The zero-order valence-electron chi connectivity index (χ0n) is 21.2. The predicted molar refractivity (Wildman–Crippen MR) is 142 cm³/mol. The highest BCUT2D eigenvalue weighted by atomic mass is 32.2. The number of anilines is 1. The molecular formula is C27H26N4O7S. The minimum atomic E-state index is -3.18. The van der Waals surface area contributed by atoms with E-state index in [4.69, 9.17) is 4.74 Å². The van der Waals surface area contributed by atoms with Crippen LogP contribution in [0, 0.1) is 0 Å². The summed E-state index contributed by atoms with van der Waals surface area (Å²) < 4.78 is 28.8. The minimum Gasteiger partial charge on any atom is -0.482 e. The van der Waals surface area contributed by atoms with E-state index < -0.39 is 27.6 Å². The monoisotopic (exact) mass is 550 g/mol. The smallest absolute Gasteiger partial charge is 0.271 e. The van der Waals surface area contributed by atoms with E-state index in [9.17, 15) is 27.6 Å². The third-order valence-electron chi connectivity index (χ3n) is 7.07. The number of carbonyl (C=O) groups excluding carboxylic acids is 4. The zero-order chi connectivity index (χ0) is 28.1. The average Bonchev–Trinajstić information content (AvgIpc) is 3.26. The fraction of sp³-hybridized carbons (Fsp3) is 0.259. The Morgan fingerprint density at radius 3 is 2.44 bits per heavy atom. The van der Waals surface area contributed by atoms with Gasteiger partial charge in [-0.1, -0.05) is 31.4 Å². The summed E-state index contributed by atoms with van der Waals surface area (Å²) in [7, 11) is -1.51. The summed E-state index contributed by atoms with van der Waals surface area (Å²) in [4.78, 5) is 55.0. The molecule has 1 N–H and O–H groups in total. The highest BCUT2D eigenvalue weighted by Gasteiger charge is 2.35. The summed E-state index contributed by atoms with van der Waals surface area (Å²) in [6.45, 7) is 7.46. The Balaban J connectivity index is 1.32. The summed E-state index contributed by atoms with van der Waals surface area (Å²) in [6, 6.07) is 10.7. The van der Waals surface area contributed by atoms with Crippen molar-refractivity contribution in [3.63, 3.8) is 0 Å². The van der Waals surface area contributed by atoms with Crippen molar-refractivity contribution in [3.8, 4) is 16.9 Å². The molecule has 39 heavy (non-hydrogen) atoms. The normalized spacial score (nSPS) is 17.7. The summed E-state index contributed by atoms with van der Waals surface area (Å²) in [6.07, 6.45) is 0. The maximum atomic E-state index is 13.2. The molecule has 0 saturated carbocycles. The van der Waals surface area contributed by atoms with E-state index in [0.717, 1.165) is 11.1 Å². The van der Waals surface area contributed by atoms with Gasteiger partial charge in [-0.2, -0.15) is 0 Å². The van der Waals surface area contributed by atoms with E-state index in [-0.39, 0.29) is 55.0 Å². The topological polar surface area (TPSA) is 133 Å². The number of nitrogens with one attached hydrogen (secondary N) is 1. The maximum absolute atomic E-state index is 13.2. The fourth-order valence-electron chi connectivity index (χ4n) is 4.75. The molecule has 3 aliphatic rings. The van der Waals surface area contributed by atoms with E-state index in [1.54, 1.807) is 25.2 Å². The number of fused-ring (bicyclic) bond motifs is 2. The molecule has 11 nitrogen and oxygen atoms in total. The van der Waals surface area contributed by atoms with Gasteiger partial charge in [-0.3, -0.25) is 24.1 Å². The highest BCUT2D eigenvalue weighted by Crippen LogP contribution is 2.39. The predicted octanol–water partition coefficient (Wildman–Crippen LogP) is 1.07. The number of benzene rings is 2.